The molecule has 2 fully saturated rings. The molecule has 1 aliphatic carbocycles. The van der Waals surface area contributed by atoms with Gasteiger partial charge in [0.2, 0.25) is 0 Å². The summed E-state index contributed by atoms with van der Waals surface area (Å²) >= 11 is 0. The highest BCUT2D eigenvalue weighted by Crippen LogP contribution is 2.37. The molecule has 1 heterocycles. The predicted octanol–water partition coefficient (Wildman–Crippen LogP) is 2.27. The molecule has 3 rings (SSSR count). The second-order valence-electron chi connectivity index (χ2n) is 6.32. The molecular formula is C18H23NO3. The van der Waals surface area contributed by atoms with E-state index in [9.17, 15) is 9.90 Å². The molecule has 118 valence electrons. The lowest BCUT2D eigenvalue weighted by atomic mass is 9.94. The van der Waals surface area contributed by atoms with Crippen LogP contribution in [0.4, 0.5) is 0 Å². The third kappa shape index (κ3) is 2.63. The smallest absolute Gasteiger partial charge is 0.253 e. The zero-order valence-corrected chi connectivity index (χ0v) is 13.0. The number of hydrogen-bond donors (Lipinski definition) is 1. The van der Waals surface area contributed by atoms with E-state index in [-0.39, 0.29) is 23.8 Å². The molecule has 1 amide bonds. The number of aliphatic hydroxyl groups is 1. The van der Waals surface area contributed by atoms with Gasteiger partial charge >= 0.3 is 0 Å². The van der Waals surface area contributed by atoms with Gasteiger partial charge in [-0.25, -0.2) is 0 Å². The SMILES string of the molecule is C=CCc1cc(C(=O)N2C[C@H]3CC[C@@H](C2)C3O)ccc1OC. The van der Waals surface area contributed by atoms with Crippen LogP contribution in [0.5, 0.6) is 5.75 Å². The van der Waals surface area contributed by atoms with Gasteiger partial charge in [-0.2, -0.15) is 0 Å². The Balaban J connectivity index is 1.80. The van der Waals surface area contributed by atoms with E-state index in [2.05, 4.69) is 6.58 Å². The number of piperidine rings is 1. The number of fused-ring (bicyclic) bond motifs is 2. The fourth-order valence-electron chi connectivity index (χ4n) is 3.77. The van der Waals surface area contributed by atoms with Crippen LogP contribution in [0, 0.1) is 11.8 Å². The van der Waals surface area contributed by atoms with Gasteiger partial charge in [0.1, 0.15) is 5.75 Å². The van der Waals surface area contributed by atoms with Gasteiger partial charge in [0.05, 0.1) is 13.2 Å². The summed E-state index contributed by atoms with van der Waals surface area (Å²) in [5.41, 5.74) is 1.66. The number of nitrogens with zero attached hydrogens (tertiary/aromatic N) is 1. The van der Waals surface area contributed by atoms with Gasteiger partial charge in [0, 0.05) is 30.5 Å². The van der Waals surface area contributed by atoms with Crippen molar-refractivity contribution in [3.63, 3.8) is 0 Å². The van der Waals surface area contributed by atoms with Crippen molar-refractivity contribution in [2.75, 3.05) is 20.2 Å². The maximum absolute atomic E-state index is 12.8. The molecule has 4 nitrogen and oxygen atoms in total. The van der Waals surface area contributed by atoms with Crippen molar-refractivity contribution in [1.29, 1.82) is 0 Å². The van der Waals surface area contributed by atoms with Gasteiger partial charge in [-0.15, -0.1) is 6.58 Å². The van der Waals surface area contributed by atoms with Gasteiger partial charge < -0.3 is 14.7 Å². The number of aliphatic hydroxyl groups excluding tert-OH is 1. The second-order valence-corrected chi connectivity index (χ2v) is 6.32. The molecule has 0 aromatic heterocycles. The van der Waals surface area contributed by atoms with Crippen LogP contribution in [-0.2, 0) is 6.42 Å². The zero-order valence-electron chi connectivity index (χ0n) is 13.0. The Bertz CT molecular complexity index is 570. The maximum atomic E-state index is 12.8. The van der Waals surface area contributed by atoms with Crippen molar-refractivity contribution in [1.82, 2.24) is 4.90 Å². The molecule has 4 heteroatoms. The maximum Gasteiger partial charge on any atom is 0.253 e. The van der Waals surface area contributed by atoms with Crippen LogP contribution in [0.25, 0.3) is 0 Å². The molecular weight excluding hydrogens is 278 g/mol. The van der Waals surface area contributed by atoms with E-state index in [0.29, 0.717) is 25.1 Å². The summed E-state index contributed by atoms with van der Waals surface area (Å²) in [5.74, 6) is 1.32. The predicted molar refractivity (Wildman–Crippen MR) is 85.0 cm³/mol. The quantitative estimate of drug-likeness (QED) is 0.868. The first-order valence-electron chi connectivity index (χ1n) is 7.89. The van der Waals surface area contributed by atoms with Crippen molar-refractivity contribution < 1.29 is 14.6 Å². The Hall–Kier alpha value is -1.81. The first kappa shape index (κ1) is 15.1. The van der Waals surface area contributed by atoms with Crippen LogP contribution < -0.4 is 4.74 Å². The standard InChI is InChI=1S/C18H23NO3/c1-3-4-12-9-13(7-8-16(12)22-2)18(21)19-10-14-5-6-15(11-19)17(14)20/h3,7-9,14-15,17,20H,1,4-6,10-11H2,2H3/t14-,15+,17?. The number of ether oxygens (including phenoxy) is 1. The van der Waals surface area contributed by atoms with E-state index in [0.717, 1.165) is 24.2 Å². The van der Waals surface area contributed by atoms with E-state index < -0.39 is 0 Å². The Labute approximate surface area is 131 Å². The van der Waals surface area contributed by atoms with E-state index in [1.165, 1.54) is 0 Å². The largest absolute Gasteiger partial charge is 0.496 e. The van der Waals surface area contributed by atoms with E-state index >= 15 is 0 Å². The lowest BCUT2D eigenvalue weighted by Gasteiger charge is -2.35. The molecule has 0 spiro atoms. The highest BCUT2D eigenvalue weighted by molar-refractivity contribution is 5.94. The van der Waals surface area contributed by atoms with Crippen LogP contribution in [0.15, 0.2) is 30.9 Å². The van der Waals surface area contributed by atoms with Crippen LogP contribution in [0.1, 0.15) is 28.8 Å². The number of carbonyl (C=O) groups is 1. The normalized spacial score (nSPS) is 26.8. The number of likely N-dealkylation sites (tertiary alicyclic amines) is 1. The van der Waals surface area contributed by atoms with Crippen molar-refractivity contribution in [3.8, 4) is 5.75 Å². The molecule has 22 heavy (non-hydrogen) atoms. The number of carbonyl (C=O) groups excluding carboxylic acids is 1. The van der Waals surface area contributed by atoms with Gasteiger partial charge in [-0.3, -0.25) is 4.79 Å². The highest BCUT2D eigenvalue weighted by atomic mass is 16.5. The monoisotopic (exact) mass is 301 g/mol. The summed E-state index contributed by atoms with van der Waals surface area (Å²) in [6, 6.07) is 5.57. The molecule has 1 aromatic rings. The topological polar surface area (TPSA) is 49.8 Å². The van der Waals surface area contributed by atoms with E-state index in [1.807, 2.05) is 29.2 Å². The van der Waals surface area contributed by atoms with Crippen LogP contribution in [0.3, 0.4) is 0 Å². The average molecular weight is 301 g/mol. The Morgan fingerprint density at radius 1 is 1.41 bits per heavy atom. The number of benzene rings is 1. The summed E-state index contributed by atoms with van der Waals surface area (Å²) < 4.78 is 5.33. The van der Waals surface area contributed by atoms with Crippen molar-refractivity contribution >= 4 is 5.91 Å². The van der Waals surface area contributed by atoms with Gasteiger partial charge in [-0.1, -0.05) is 6.08 Å². The fraction of sp³-hybridized carbons (Fsp3) is 0.500. The van der Waals surface area contributed by atoms with Gasteiger partial charge in [0.15, 0.2) is 0 Å². The third-order valence-electron chi connectivity index (χ3n) is 4.96. The first-order chi connectivity index (χ1) is 10.6. The molecule has 3 atom stereocenters. The minimum Gasteiger partial charge on any atom is -0.496 e. The summed E-state index contributed by atoms with van der Waals surface area (Å²) in [5, 5.41) is 10.1. The first-order valence-corrected chi connectivity index (χ1v) is 7.89. The molecule has 2 aliphatic rings. The molecule has 1 aromatic carbocycles. The molecule has 1 aliphatic heterocycles. The lowest BCUT2D eigenvalue weighted by Crippen LogP contribution is -2.47. The van der Waals surface area contributed by atoms with E-state index in [1.54, 1.807) is 7.11 Å². The number of amides is 1. The fourth-order valence-corrected chi connectivity index (χ4v) is 3.77. The molecule has 0 radical (unpaired) electrons. The third-order valence-corrected chi connectivity index (χ3v) is 4.96. The molecule has 1 saturated heterocycles. The van der Waals surface area contributed by atoms with Gasteiger partial charge in [0.25, 0.3) is 5.91 Å². The molecule has 1 unspecified atom stereocenters. The Morgan fingerprint density at radius 3 is 2.68 bits per heavy atom. The van der Waals surface area contributed by atoms with Crippen molar-refractivity contribution in [2.24, 2.45) is 11.8 Å². The van der Waals surface area contributed by atoms with Crippen LogP contribution in [0.2, 0.25) is 0 Å². The molecule has 1 saturated carbocycles. The van der Waals surface area contributed by atoms with E-state index in [4.69, 9.17) is 4.74 Å². The summed E-state index contributed by atoms with van der Waals surface area (Å²) in [6.45, 7) is 5.09. The zero-order chi connectivity index (χ0) is 15.7. The number of rotatable bonds is 4. The van der Waals surface area contributed by atoms with Crippen molar-refractivity contribution in [2.45, 2.75) is 25.4 Å². The van der Waals surface area contributed by atoms with Gasteiger partial charge in [-0.05, 0) is 43.0 Å². The van der Waals surface area contributed by atoms with Crippen LogP contribution in [-0.4, -0.2) is 42.2 Å². The van der Waals surface area contributed by atoms with Crippen LogP contribution >= 0.6 is 0 Å². The van der Waals surface area contributed by atoms with Crippen molar-refractivity contribution in [3.05, 3.63) is 42.0 Å². The molecule has 1 N–H and O–H groups in total. The number of allylic oxidation sites excluding steroid dienone is 1. The average Bonchev–Trinajstić information content (AvgIpc) is 2.76. The summed E-state index contributed by atoms with van der Waals surface area (Å²) in [4.78, 5) is 14.7. The summed E-state index contributed by atoms with van der Waals surface area (Å²) in [6.07, 6.45) is 4.31. The minimum atomic E-state index is -0.226. The number of methoxy groups -OCH3 is 1. The lowest BCUT2D eigenvalue weighted by molar-refractivity contribution is 0.0166. The highest BCUT2D eigenvalue weighted by Gasteiger charge is 2.42. The Kier molecular flexibility index (Phi) is 4.21. The number of hydrogen-bond acceptors (Lipinski definition) is 3. The second kappa shape index (κ2) is 6.13. The Morgan fingerprint density at radius 2 is 2.09 bits per heavy atom. The molecule has 2 bridgehead atoms. The summed E-state index contributed by atoms with van der Waals surface area (Å²) in [7, 11) is 1.63. The minimum absolute atomic E-state index is 0.0526.